The minimum atomic E-state index is -0.290. The van der Waals surface area contributed by atoms with Crippen LogP contribution in [0.1, 0.15) is 44.2 Å². The Balaban J connectivity index is 1.31. The molecule has 0 saturated carbocycles. The molecule has 0 aliphatic carbocycles. The van der Waals surface area contributed by atoms with Crippen molar-refractivity contribution in [3.05, 3.63) is 70.3 Å². The van der Waals surface area contributed by atoms with Crippen LogP contribution in [0.3, 0.4) is 0 Å². The second kappa shape index (κ2) is 11.2. The Morgan fingerprint density at radius 2 is 1.83 bits per heavy atom. The van der Waals surface area contributed by atoms with Crippen LogP contribution < -0.4 is 10.1 Å². The van der Waals surface area contributed by atoms with Gasteiger partial charge in [-0.25, -0.2) is 4.98 Å². The van der Waals surface area contributed by atoms with Gasteiger partial charge in [0.1, 0.15) is 5.75 Å². The number of halogens is 1. The van der Waals surface area contributed by atoms with Crippen molar-refractivity contribution < 1.29 is 9.53 Å². The number of thiazole rings is 1. The average molecular weight is 528 g/mol. The standard InChI is InChI=1S/C25H26ClN5O2S2/c1-15(2)17-7-11-20(12-8-17)33-16(3)23-29-30-25(31(23)4)35-14-22(32)28-24-27-21(13-34-24)18-5-9-19(26)10-6-18/h5-13,15-16H,14H2,1-4H3,(H,27,28,32). The number of nitrogens with one attached hydrogen (secondary N) is 1. The maximum Gasteiger partial charge on any atom is 0.236 e. The molecule has 0 aliphatic rings. The van der Waals surface area contributed by atoms with Gasteiger partial charge >= 0.3 is 0 Å². The monoisotopic (exact) mass is 527 g/mol. The van der Waals surface area contributed by atoms with Crippen molar-refractivity contribution in [2.24, 2.45) is 7.05 Å². The Hall–Kier alpha value is -2.88. The summed E-state index contributed by atoms with van der Waals surface area (Å²) in [6, 6.07) is 15.5. The summed E-state index contributed by atoms with van der Waals surface area (Å²) < 4.78 is 7.91. The third kappa shape index (κ3) is 6.42. The van der Waals surface area contributed by atoms with E-state index in [1.807, 2.05) is 60.3 Å². The van der Waals surface area contributed by atoms with Crippen LogP contribution in [0.15, 0.2) is 59.1 Å². The number of nitrogens with zero attached hydrogens (tertiary/aromatic N) is 4. The summed E-state index contributed by atoms with van der Waals surface area (Å²) in [6.45, 7) is 6.25. The summed E-state index contributed by atoms with van der Waals surface area (Å²) in [5.74, 6) is 1.96. The summed E-state index contributed by atoms with van der Waals surface area (Å²) in [6.07, 6.45) is -0.290. The lowest BCUT2D eigenvalue weighted by Crippen LogP contribution is -2.14. The number of amides is 1. The van der Waals surface area contributed by atoms with Gasteiger partial charge in [0.15, 0.2) is 22.2 Å². The van der Waals surface area contributed by atoms with Gasteiger partial charge in [-0.1, -0.05) is 61.5 Å². The molecule has 1 unspecified atom stereocenters. The van der Waals surface area contributed by atoms with Crippen molar-refractivity contribution in [1.29, 1.82) is 0 Å². The van der Waals surface area contributed by atoms with Gasteiger partial charge in [0, 0.05) is 23.0 Å². The fraction of sp³-hybridized carbons (Fsp3) is 0.280. The first-order chi connectivity index (χ1) is 16.8. The second-order valence-electron chi connectivity index (χ2n) is 8.27. The number of hydrogen-bond donors (Lipinski definition) is 1. The SMILES string of the molecule is CC(C)c1ccc(OC(C)c2nnc(SCC(=O)Nc3nc(-c4ccc(Cl)cc4)cs3)n2C)cc1. The lowest BCUT2D eigenvalue weighted by atomic mass is 10.0. The zero-order valence-corrected chi connectivity index (χ0v) is 22.2. The average Bonchev–Trinajstić information content (AvgIpc) is 3.45. The molecule has 0 bridgehead atoms. The molecule has 4 aromatic rings. The molecule has 35 heavy (non-hydrogen) atoms. The Bertz CT molecular complexity index is 1290. The molecule has 4 rings (SSSR count). The predicted octanol–water partition coefficient (Wildman–Crippen LogP) is 6.59. The minimum Gasteiger partial charge on any atom is -0.483 e. The predicted molar refractivity (Wildman–Crippen MR) is 142 cm³/mol. The molecule has 0 fully saturated rings. The molecule has 0 radical (unpaired) electrons. The second-order valence-corrected chi connectivity index (χ2v) is 10.5. The van der Waals surface area contributed by atoms with Crippen LogP contribution >= 0.6 is 34.7 Å². The lowest BCUT2D eigenvalue weighted by Gasteiger charge is -2.15. The van der Waals surface area contributed by atoms with E-state index in [1.54, 1.807) is 0 Å². The minimum absolute atomic E-state index is 0.161. The Labute approximate surface area is 217 Å². The van der Waals surface area contributed by atoms with E-state index in [-0.39, 0.29) is 17.8 Å². The molecule has 1 N–H and O–H groups in total. The van der Waals surface area contributed by atoms with E-state index in [0.29, 0.717) is 27.1 Å². The van der Waals surface area contributed by atoms with E-state index in [9.17, 15) is 4.79 Å². The number of aromatic nitrogens is 4. The summed E-state index contributed by atoms with van der Waals surface area (Å²) >= 11 is 8.63. The molecule has 182 valence electrons. The van der Waals surface area contributed by atoms with E-state index in [4.69, 9.17) is 16.3 Å². The van der Waals surface area contributed by atoms with Gasteiger partial charge < -0.3 is 14.6 Å². The van der Waals surface area contributed by atoms with Crippen molar-refractivity contribution in [3.8, 4) is 17.0 Å². The molecule has 1 amide bonds. The zero-order valence-electron chi connectivity index (χ0n) is 19.9. The first-order valence-electron chi connectivity index (χ1n) is 11.1. The van der Waals surface area contributed by atoms with Gasteiger partial charge in [0.25, 0.3) is 0 Å². The van der Waals surface area contributed by atoms with Crippen LogP contribution in [-0.2, 0) is 11.8 Å². The molecule has 0 spiro atoms. The molecule has 0 saturated heterocycles. The van der Waals surface area contributed by atoms with Gasteiger partial charge in [-0.2, -0.15) is 0 Å². The molecular weight excluding hydrogens is 502 g/mol. The van der Waals surface area contributed by atoms with E-state index in [1.165, 1.54) is 28.7 Å². The topological polar surface area (TPSA) is 81.9 Å². The number of benzene rings is 2. The highest BCUT2D eigenvalue weighted by Gasteiger charge is 2.18. The highest BCUT2D eigenvalue weighted by molar-refractivity contribution is 7.99. The maximum absolute atomic E-state index is 12.5. The zero-order chi connectivity index (χ0) is 24.9. The molecule has 7 nitrogen and oxygen atoms in total. The van der Waals surface area contributed by atoms with E-state index in [0.717, 1.165) is 17.0 Å². The molecule has 2 aromatic heterocycles. The van der Waals surface area contributed by atoms with Crippen LogP contribution in [0.25, 0.3) is 11.3 Å². The van der Waals surface area contributed by atoms with Crippen LogP contribution in [0.5, 0.6) is 5.75 Å². The van der Waals surface area contributed by atoms with Crippen LogP contribution in [-0.4, -0.2) is 31.4 Å². The summed E-state index contributed by atoms with van der Waals surface area (Å²) in [7, 11) is 1.87. The normalized spacial score (nSPS) is 12.1. The highest BCUT2D eigenvalue weighted by atomic mass is 35.5. The molecule has 0 aliphatic heterocycles. The summed E-state index contributed by atoms with van der Waals surface area (Å²) in [5.41, 5.74) is 3.00. The highest BCUT2D eigenvalue weighted by Crippen LogP contribution is 2.27. The quantitative estimate of drug-likeness (QED) is 0.247. The number of hydrogen-bond acceptors (Lipinski definition) is 7. The van der Waals surface area contributed by atoms with E-state index >= 15 is 0 Å². The van der Waals surface area contributed by atoms with Crippen molar-refractivity contribution in [3.63, 3.8) is 0 Å². The van der Waals surface area contributed by atoms with Crippen molar-refractivity contribution in [2.45, 2.75) is 37.9 Å². The smallest absolute Gasteiger partial charge is 0.236 e. The van der Waals surface area contributed by atoms with Gasteiger partial charge in [-0.3, -0.25) is 4.79 Å². The molecule has 2 aromatic carbocycles. The first-order valence-corrected chi connectivity index (χ1v) is 13.3. The van der Waals surface area contributed by atoms with E-state index < -0.39 is 0 Å². The Kier molecular flexibility index (Phi) is 8.10. The van der Waals surface area contributed by atoms with Gasteiger partial charge in [0.2, 0.25) is 5.91 Å². The van der Waals surface area contributed by atoms with Crippen molar-refractivity contribution in [2.75, 3.05) is 11.1 Å². The number of rotatable bonds is 9. The van der Waals surface area contributed by atoms with Crippen LogP contribution in [0, 0.1) is 0 Å². The Morgan fingerprint density at radius 1 is 1.11 bits per heavy atom. The largest absolute Gasteiger partial charge is 0.483 e. The van der Waals surface area contributed by atoms with Gasteiger partial charge in [0.05, 0.1) is 11.4 Å². The summed E-state index contributed by atoms with van der Waals surface area (Å²) in [4.78, 5) is 17.0. The van der Waals surface area contributed by atoms with Gasteiger partial charge in [-0.15, -0.1) is 21.5 Å². The third-order valence-electron chi connectivity index (χ3n) is 5.31. The number of thioether (sulfide) groups is 1. The lowest BCUT2D eigenvalue weighted by molar-refractivity contribution is -0.113. The molecular formula is C25H26ClN5O2S2. The van der Waals surface area contributed by atoms with Crippen molar-refractivity contribution in [1.82, 2.24) is 19.7 Å². The summed E-state index contributed by atoms with van der Waals surface area (Å²) in [5, 5.41) is 15.1. The Morgan fingerprint density at radius 3 is 2.51 bits per heavy atom. The maximum atomic E-state index is 12.5. The van der Waals surface area contributed by atoms with Gasteiger partial charge in [-0.05, 0) is 42.7 Å². The number of carbonyl (C=O) groups excluding carboxylic acids is 1. The molecule has 10 heteroatoms. The number of anilines is 1. The molecule has 1 atom stereocenters. The number of carbonyl (C=O) groups is 1. The van der Waals surface area contributed by atoms with E-state index in [2.05, 4.69) is 46.5 Å². The fourth-order valence-corrected chi connectivity index (χ4v) is 4.94. The molecule has 2 heterocycles. The van der Waals surface area contributed by atoms with Crippen LogP contribution in [0.4, 0.5) is 5.13 Å². The third-order valence-corrected chi connectivity index (χ3v) is 7.34. The number of ether oxygens (including phenoxy) is 1. The van der Waals surface area contributed by atoms with Crippen LogP contribution in [0.2, 0.25) is 5.02 Å². The first kappa shape index (κ1) is 25.2. The fourth-order valence-electron chi connectivity index (χ4n) is 3.36. The van der Waals surface area contributed by atoms with Crippen molar-refractivity contribution >= 4 is 45.7 Å².